The van der Waals surface area contributed by atoms with Crippen molar-refractivity contribution in [1.82, 2.24) is 4.98 Å². The van der Waals surface area contributed by atoms with Crippen molar-refractivity contribution in [2.75, 3.05) is 23.3 Å². The van der Waals surface area contributed by atoms with Gasteiger partial charge in [0.25, 0.3) is 0 Å². The zero-order valence-corrected chi connectivity index (χ0v) is 11.4. The Bertz CT molecular complexity index is 551. The van der Waals surface area contributed by atoms with Crippen molar-refractivity contribution in [3.05, 3.63) is 48.8 Å². The van der Waals surface area contributed by atoms with Gasteiger partial charge in [0, 0.05) is 49.0 Å². The van der Waals surface area contributed by atoms with Crippen molar-refractivity contribution in [1.29, 1.82) is 0 Å². The van der Waals surface area contributed by atoms with Gasteiger partial charge in [-0.1, -0.05) is 6.07 Å². The number of hydrogen-bond donors (Lipinski definition) is 2. The first-order valence-electron chi connectivity index (χ1n) is 7.02. The lowest BCUT2D eigenvalue weighted by atomic mass is 10.0. The highest BCUT2D eigenvalue weighted by atomic mass is 16.3. The number of aromatic nitrogens is 1. The van der Waals surface area contributed by atoms with Crippen LogP contribution in [0, 0.1) is 0 Å². The molecule has 1 fully saturated rings. The number of phenolic OH excluding ortho intramolecular Hbond substituents is 1. The molecule has 104 valence electrons. The van der Waals surface area contributed by atoms with Gasteiger partial charge < -0.3 is 15.3 Å². The standard InChI is InChI=1S/C16H19N3O/c20-16-3-1-2-14(12-16)18-13-6-10-19(11-7-13)15-4-8-17-9-5-15/h1-5,8-9,12-13,18,20H,6-7,10-11H2. The molecule has 3 rings (SSSR count). The highest BCUT2D eigenvalue weighted by Gasteiger charge is 2.19. The summed E-state index contributed by atoms with van der Waals surface area (Å²) in [6, 6.07) is 11.9. The molecule has 1 aliphatic heterocycles. The van der Waals surface area contributed by atoms with Gasteiger partial charge in [0.1, 0.15) is 5.75 Å². The molecule has 1 aromatic heterocycles. The minimum absolute atomic E-state index is 0.309. The Morgan fingerprint density at radius 1 is 1.10 bits per heavy atom. The lowest BCUT2D eigenvalue weighted by Gasteiger charge is -2.34. The van der Waals surface area contributed by atoms with Gasteiger partial charge in [0.05, 0.1) is 0 Å². The molecule has 20 heavy (non-hydrogen) atoms. The van der Waals surface area contributed by atoms with Gasteiger partial charge in [-0.2, -0.15) is 0 Å². The molecule has 0 unspecified atom stereocenters. The lowest BCUT2D eigenvalue weighted by molar-refractivity contribution is 0.475. The molecule has 1 aliphatic rings. The average Bonchev–Trinajstić information content (AvgIpc) is 2.49. The maximum Gasteiger partial charge on any atom is 0.117 e. The third-order valence-electron chi connectivity index (χ3n) is 3.74. The summed E-state index contributed by atoms with van der Waals surface area (Å²) in [6.07, 6.45) is 5.87. The molecule has 2 aromatic rings. The minimum atomic E-state index is 0.309. The number of rotatable bonds is 3. The predicted molar refractivity (Wildman–Crippen MR) is 81.2 cm³/mol. The van der Waals surface area contributed by atoms with E-state index in [-0.39, 0.29) is 0 Å². The highest BCUT2D eigenvalue weighted by Crippen LogP contribution is 2.22. The molecule has 0 radical (unpaired) electrons. The molecule has 0 spiro atoms. The predicted octanol–water partition coefficient (Wildman–Crippen LogP) is 2.87. The molecule has 4 heteroatoms. The number of piperidine rings is 1. The van der Waals surface area contributed by atoms with Crippen molar-refractivity contribution >= 4 is 11.4 Å². The van der Waals surface area contributed by atoms with Crippen LogP contribution in [0.4, 0.5) is 11.4 Å². The number of aromatic hydroxyl groups is 1. The van der Waals surface area contributed by atoms with E-state index in [9.17, 15) is 5.11 Å². The topological polar surface area (TPSA) is 48.4 Å². The Hall–Kier alpha value is -2.23. The number of benzene rings is 1. The van der Waals surface area contributed by atoms with E-state index in [1.807, 2.05) is 24.5 Å². The van der Waals surface area contributed by atoms with E-state index in [2.05, 4.69) is 27.3 Å². The summed E-state index contributed by atoms with van der Waals surface area (Å²) in [5.74, 6) is 0.309. The van der Waals surface area contributed by atoms with E-state index in [4.69, 9.17) is 0 Å². The van der Waals surface area contributed by atoms with Gasteiger partial charge >= 0.3 is 0 Å². The molecule has 1 saturated heterocycles. The average molecular weight is 269 g/mol. The summed E-state index contributed by atoms with van der Waals surface area (Å²) < 4.78 is 0. The normalized spacial score (nSPS) is 16.1. The van der Waals surface area contributed by atoms with Gasteiger partial charge in [-0.05, 0) is 37.1 Å². The van der Waals surface area contributed by atoms with Crippen molar-refractivity contribution in [2.24, 2.45) is 0 Å². The molecule has 0 bridgehead atoms. The summed E-state index contributed by atoms with van der Waals surface area (Å²) in [5, 5.41) is 13.0. The van der Waals surface area contributed by atoms with Gasteiger partial charge in [-0.3, -0.25) is 4.98 Å². The Morgan fingerprint density at radius 3 is 2.55 bits per heavy atom. The van der Waals surface area contributed by atoms with Gasteiger partial charge in [0.2, 0.25) is 0 Å². The van der Waals surface area contributed by atoms with E-state index in [1.165, 1.54) is 5.69 Å². The molecular formula is C16H19N3O. The second kappa shape index (κ2) is 5.82. The van der Waals surface area contributed by atoms with E-state index < -0.39 is 0 Å². The van der Waals surface area contributed by atoms with Crippen LogP contribution in [-0.4, -0.2) is 29.2 Å². The molecule has 0 amide bonds. The van der Waals surface area contributed by atoms with Crippen molar-refractivity contribution < 1.29 is 5.11 Å². The van der Waals surface area contributed by atoms with Crippen LogP contribution >= 0.6 is 0 Å². The number of phenols is 1. The summed E-state index contributed by atoms with van der Waals surface area (Å²) in [5.41, 5.74) is 2.24. The number of nitrogens with one attached hydrogen (secondary N) is 1. The second-order valence-corrected chi connectivity index (χ2v) is 5.16. The molecule has 2 N–H and O–H groups in total. The summed E-state index contributed by atoms with van der Waals surface area (Å²) >= 11 is 0. The third kappa shape index (κ3) is 3.02. The Morgan fingerprint density at radius 2 is 1.85 bits per heavy atom. The van der Waals surface area contributed by atoms with E-state index >= 15 is 0 Å². The van der Waals surface area contributed by atoms with Crippen LogP contribution in [0.5, 0.6) is 5.75 Å². The summed E-state index contributed by atoms with van der Waals surface area (Å²) in [7, 11) is 0. The second-order valence-electron chi connectivity index (χ2n) is 5.16. The van der Waals surface area contributed by atoms with Crippen LogP contribution in [0.15, 0.2) is 48.8 Å². The van der Waals surface area contributed by atoms with E-state index in [1.54, 1.807) is 12.1 Å². The largest absolute Gasteiger partial charge is 0.508 e. The van der Waals surface area contributed by atoms with Crippen LogP contribution in [0.3, 0.4) is 0 Å². The molecule has 0 atom stereocenters. The molecular weight excluding hydrogens is 250 g/mol. The maximum absolute atomic E-state index is 9.48. The maximum atomic E-state index is 9.48. The fraction of sp³-hybridized carbons (Fsp3) is 0.312. The van der Waals surface area contributed by atoms with Crippen LogP contribution in [0.1, 0.15) is 12.8 Å². The number of hydrogen-bond acceptors (Lipinski definition) is 4. The fourth-order valence-corrected chi connectivity index (χ4v) is 2.67. The van der Waals surface area contributed by atoms with Crippen LogP contribution in [0.2, 0.25) is 0 Å². The van der Waals surface area contributed by atoms with E-state index in [0.717, 1.165) is 31.6 Å². The molecule has 1 aromatic carbocycles. The number of nitrogens with zero attached hydrogens (tertiary/aromatic N) is 2. The van der Waals surface area contributed by atoms with Gasteiger partial charge in [-0.15, -0.1) is 0 Å². The first-order valence-corrected chi connectivity index (χ1v) is 7.02. The zero-order valence-electron chi connectivity index (χ0n) is 11.4. The molecule has 0 saturated carbocycles. The van der Waals surface area contributed by atoms with Gasteiger partial charge in [0.15, 0.2) is 0 Å². The summed E-state index contributed by atoms with van der Waals surface area (Å²) in [6.45, 7) is 2.08. The van der Waals surface area contributed by atoms with E-state index in [0.29, 0.717) is 11.8 Å². The number of anilines is 2. The highest BCUT2D eigenvalue weighted by molar-refractivity contribution is 5.49. The molecule has 4 nitrogen and oxygen atoms in total. The first kappa shape index (κ1) is 12.8. The van der Waals surface area contributed by atoms with Crippen LogP contribution < -0.4 is 10.2 Å². The van der Waals surface area contributed by atoms with Crippen LogP contribution in [0.25, 0.3) is 0 Å². The first-order chi connectivity index (χ1) is 9.81. The monoisotopic (exact) mass is 269 g/mol. The van der Waals surface area contributed by atoms with Crippen molar-refractivity contribution in [3.8, 4) is 5.75 Å². The zero-order chi connectivity index (χ0) is 13.8. The quantitative estimate of drug-likeness (QED) is 0.899. The number of pyridine rings is 1. The Kier molecular flexibility index (Phi) is 3.72. The fourth-order valence-electron chi connectivity index (χ4n) is 2.67. The van der Waals surface area contributed by atoms with Gasteiger partial charge in [-0.25, -0.2) is 0 Å². The smallest absolute Gasteiger partial charge is 0.117 e. The molecule has 0 aliphatic carbocycles. The molecule has 2 heterocycles. The Balaban J connectivity index is 1.56. The summed E-state index contributed by atoms with van der Waals surface area (Å²) in [4.78, 5) is 6.45. The SMILES string of the molecule is Oc1cccc(NC2CCN(c3ccncc3)CC2)c1. The van der Waals surface area contributed by atoms with Crippen molar-refractivity contribution in [2.45, 2.75) is 18.9 Å². The Labute approximate surface area is 119 Å². The van der Waals surface area contributed by atoms with Crippen molar-refractivity contribution in [3.63, 3.8) is 0 Å². The van der Waals surface area contributed by atoms with Crippen LogP contribution in [-0.2, 0) is 0 Å². The minimum Gasteiger partial charge on any atom is -0.508 e. The third-order valence-corrected chi connectivity index (χ3v) is 3.74. The lowest BCUT2D eigenvalue weighted by Crippen LogP contribution is -2.39.